The summed E-state index contributed by atoms with van der Waals surface area (Å²) in [6.45, 7) is 1.98. The smallest absolute Gasteiger partial charge is 0.180 e. The molecule has 1 nitrogen and oxygen atoms in total. The van der Waals surface area contributed by atoms with Gasteiger partial charge in [-0.05, 0) is 31.7 Å². The fourth-order valence-electron chi connectivity index (χ4n) is 1.80. The van der Waals surface area contributed by atoms with Crippen molar-refractivity contribution in [3.63, 3.8) is 0 Å². The van der Waals surface area contributed by atoms with Crippen LogP contribution in [0.15, 0.2) is 0 Å². The molecule has 0 amide bonds. The Hall–Kier alpha value is -0.120. The minimum Gasteiger partial charge on any atom is -0.327 e. The normalized spacial score (nSPS) is 20.7. The van der Waals surface area contributed by atoms with Gasteiger partial charge in [0.25, 0.3) is 0 Å². The molecule has 13 heavy (non-hydrogen) atoms. The number of hydrogen-bond donors (Lipinski definition) is 1. The number of aryl methyl sites for hydroxylation is 1. The SMILES string of the molecule is Cc1sc(F)c2c1CC(N)CC2.Cl. The van der Waals surface area contributed by atoms with Crippen molar-refractivity contribution in [3.05, 3.63) is 21.1 Å². The summed E-state index contributed by atoms with van der Waals surface area (Å²) in [7, 11) is 0. The van der Waals surface area contributed by atoms with E-state index in [2.05, 4.69) is 0 Å². The van der Waals surface area contributed by atoms with Crippen LogP contribution in [0.2, 0.25) is 0 Å². The van der Waals surface area contributed by atoms with Crippen LogP contribution in [0.4, 0.5) is 4.39 Å². The van der Waals surface area contributed by atoms with Crippen LogP contribution < -0.4 is 5.73 Å². The zero-order chi connectivity index (χ0) is 8.72. The first-order valence-corrected chi connectivity index (χ1v) is 5.02. The second-order valence-corrected chi connectivity index (χ2v) is 4.57. The maximum absolute atomic E-state index is 13.2. The molecule has 0 bridgehead atoms. The highest BCUT2D eigenvalue weighted by atomic mass is 35.5. The van der Waals surface area contributed by atoms with Gasteiger partial charge in [0, 0.05) is 16.5 Å². The second-order valence-electron chi connectivity index (χ2n) is 3.39. The number of thiophene rings is 1. The lowest BCUT2D eigenvalue weighted by atomic mass is 9.90. The van der Waals surface area contributed by atoms with Crippen molar-refractivity contribution in [1.29, 1.82) is 0 Å². The Balaban J connectivity index is 0.000000845. The number of nitrogens with two attached hydrogens (primary N) is 1. The van der Waals surface area contributed by atoms with E-state index in [1.165, 1.54) is 16.9 Å². The Morgan fingerprint density at radius 1 is 1.46 bits per heavy atom. The molecule has 0 aromatic carbocycles. The van der Waals surface area contributed by atoms with Gasteiger partial charge in [-0.3, -0.25) is 0 Å². The molecule has 74 valence electrons. The van der Waals surface area contributed by atoms with Gasteiger partial charge in [-0.15, -0.1) is 23.7 Å². The number of hydrogen-bond acceptors (Lipinski definition) is 2. The van der Waals surface area contributed by atoms with Crippen LogP contribution >= 0.6 is 23.7 Å². The summed E-state index contributed by atoms with van der Waals surface area (Å²) in [4.78, 5) is 1.11. The maximum atomic E-state index is 13.2. The summed E-state index contributed by atoms with van der Waals surface area (Å²) in [6.07, 6.45) is 2.62. The third-order valence-corrected chi connectivity index (χ3v) is 3.48. The topological polar surface area (TPSA) is 26.0 Å². The van der Waals surface area contributed by atoms with E-state index < -0.39 is 0 Å². The zero-order valence-electron chi connectivity index (χ0n) is 7.47. The van der Waals surface area contributed by atoms with Gasteiger partial charge in [-0.2, -0.15) is 4.39 Å². The first-order valence-electron chi connectivity index (χ1n) is 4.20. The highest BCUT2D eigenvalue weighted by Crippen LogP contribution is 2.31. The van der Waals surface area contributed by atoms with Crippen LogP contribution in [-0.4, -0.2) is 6.04 Å². The van der Waals surface area contributed by atoms with E-state index in [4.69, 9.17) is 5.73 Å². The van der Waals surface area contributed by atoms with Gasteiger partial charge in [-0.1, -0.05) is 0 Å². The number of rotatable bonds is 0. The second kappa shape index (κ2) is 3.95. The van der Waals surface area contributed by atoms with Crippen molar-refractivity contribution in [3.8, 4) is 0 Å². The molecular formula is C9H13ClFNS. The van der Waals surface area contributed by atoms with E-state index in [9.17, 15) is 4.39 Å². The Morgan fingerprint density at radius 3 is 2.85 bits per heavy atom. The molecule has 1 aromatic heterocycles. The van der Waals surface area contributed by atoms with Gasteiger partial charge in [0.15, 0.2) is 5.13 Å². The molecule has 1 aromatic rings. The van der Waals surface area contributed by atoms with Crippen molar-refractivity contribution in [2.75, 3.05) is 0 Å². The molecule has 1 unspecified atom stereocenters. The van der Waals surface area contributed by atoms with E-state index in [-0.39, 0.29) is 23.6 Å². The van der Waals surface area contributed by atoms with Crippen molar-refractivity contribution < 1.29 is 4.39 Å². The van der Waals surface area contributed by atoms with Gasteiger partial charge in [0.2, 0.25) is 0 Å². The molecule has 2 rings (SSSR count). The highest BCUT2D eigenvalue weighted by Gasteiger charge is 2.22. The highest BCUT2D eigenvalue weighted by molar-refractivity contribution is 7.10. The van der Waals surface area contributed by atoms with E-state index >= 15 is 0 Å². The molecule has 0 radical (unpaired) electrons. The lowest BCUT2D eigenvalue weighted by Crippen LogP contribution is -2.27. The van der Waals surface area contributed by atoms with Crippen molar-refractivity contribution in [2.45, 2.75) is 32.2 Å². The first kappa shape index (κ1) is 11.0. The summed E-state index contributed by atoms with van der Waals surface area (Å²) in [5, 5.41) is 0.00870. The molecule has 0 aliphatic heterocycles. The average molecular weight is 222 g/mol. The van der Waals surface area contributed by atoms with Gasteiger partial charge >= 0.3 is 0 Å². The molecule has 0 fully saturated rings. The molecular weight excluding hydrogens is 209 g/mol. The third-order valence-electron chi connectivity index (χ3n) is 2.50. The molecule has 1 atom stereocenters. The van der Waals surface area contributed by atoms with Crippen LogP contribution in [0.3, 0.4) is 0 Å². The Labute approximate surface area is 87.5 Å². The Bertz CT molecular complexity index is 311. The summed E-state index contributed by atoms with van der Waals surface area (Å²) in [6, 6.07) is 0.241. The fourth-order valence-corrected chi connectivity index (χ4v) is 2.75. The minimum absolute atomic E-state index is 0. The molecule has 1 heterocycles. The lowest BCUT2D eigenvalue weighted by Gasteiger charge is -2.18. The van der Waals surface area contributed by atoms with E-state index in [0.717, 1.165) is 29.7 Å². The Kier molecular flexibility index (Phi) is 3.33. The van der Waals surface area contributed by atoms with Gasteiger partial charge < -0.3 is 5.73 Å². The average Bonchev–Trinajstić information content (AvgIpc) is 2.28. The van der Waals surface area contributed by atoms with Crippen LogP contribution in [0.1, 0.15) is 22.4 Å². The Morgan fingerprint density at radius 2 is 2.15 bits per heavy atom. The van der Waals surface area contributed by atoms with Gasteiger partial charge in [0.1, 0.15) is 0 Å². The molecule has 1 aliphatic carbocycles. The van der Waals surface area contributed by atoms with Crippen LogP contribution in [0, 0.1) is 12.1 Å². The van der Waals surface area contributed by atoms with Crippen molar-refractivity contribution in [1.82, 2.24) is 0 Å². The monoisotopic (exact) mass is 221 g/mol. The zero-order valence-corrected chi connectivity index (χ0v) is 9.10. The van der Waals surface area contributed by atoms with Crippen LogP contribution in [-0.2, 0) is 12.8 Å². The minimum atomic E-state index is 0. The standard InChI is InChI=1S/C9H12FNS.ClH/c1-5-8-4-6(11)2-3-7(8)9(10)12-5;/h6H,2-4,11H2,1H3;1H. The number of fused-ring (bicyclic) bond motifs is 1. The maximum Gasteiger partial charge on any atom is 0.180 e. The summed E-state index contributed by atoms with van der Waals surface area (Å²) < 4.78 is 13.2. The first-order chi connectivity index (χ1) is 5.68. The van der Waals surface area contributed by atoms with Gasteiger partial charge in [0.05, 0.1) is 0 Å². The van der Waals surface area contributed by atoms with Crippen molar-refractivity contribution >= 4 is 23.7 Å². The fraction of sp³-hybridized carbons (Fsp3) is 0.556. The molecule has 2 N–H and O–H groups in total. The van der Waals surface area contributed by atoms with Gasteiger partial charge in [-0.25, -0.2) is 0 Å². The lowest BCUT2D eigenvalue weighted by molar-refractivity contribution is 0.552. The summed E-state index contributed by atoms with van der Waals surface area (Å²) >= 11 is 1.26. The molecule has 0 saturated carbocycles. The molecule has 4 heteroatoms. The molecule has 1 aliphatic rings. The predicted molar refractivity (Wildman–Crippen MR) is 56.3 cm³/mol. The summed E-state index contributed by atoms with van der Waals surface area (Å²) in [5.41, 5.74) is 7.92. The quantitative estimate of drug-likeness (QED) is 0.716. The predicted octanol–water partition coefficient (Wildman–Crippen LogP) is 2.43. The van der Waals surface area contributed by atoms with Crippen molar-refractivity contribution in [2.24, 2.45) is 5.73 Å². The summed E-state index contributed by atoms with van der Waals surface area (Å²) in [5.74, 6) is 0. The van der Waals surface area contributed by atoms with Crippen LogP contribution in [0.25, 0.3) is 0 Å². The van der Waals surface area contributed by atoms with E-state index in [0.29, 0.717) is 0 Å². The third kappa shape index (κ3) is 1.87. The van der Waals surface area contributed by atoms with E-state index in [1.54, 1.807) is 0 Å². The number of halogens is 2. The van der Waals surface area contributed by atoms with E-state index in [1.807, 2.05) is 6.92 Å². The largest absolute Gasteiger partial charge is 0.327 e. The molecule has 0 saturated heterocycles. The molecule has 0 spiro atoms. The van der Waals surface area contributed by atoms with Crippen LogP contribution in [0.5, 0.6) is 0 Å².